The van der Waals surface area contributed by atoms with Crippen LogP contribution in [0.5, 0.6) is 0 Å². The van der Waals surface area contributed by atoms with Gasteiger partial charge in [0.1, 0.15) is 5.76 Å². The van der Waals surface area contributed by atoms with Crippen molar-refractivity contribution < 1.29 is 17.7 Å². The molecule has 0 unspecified atom stereocenters. The molecular weight excluding hydrogens is 354 g/mol. The molecule has 0 radical (unpaired) electrons. The number of benzene rings is 1. The summed E-state index contributed by atoms with van der Waals surface area (Å²) in [6, 6.07) is 6.96. The summed E-state index contributed by atoms with van der Waals surface area (Å²) >= 11 is 0. The summed E-state index contributed by atoms with van der Waals surface area (Å²) in [4.78, 5) is 2.33. The third kappa shape index (κ3) is 3.43. The third-order valence-electron chi connectivity index (χ3n) is 5.11. The predicted molar refractivity (Wildman–Crippen MR) is 98.1 cm³/mol. The number of hydrogen-bond donors (Lipinski definition) is 1. The standard InChI is InChI=1S/C18H23N3O4S/c1-21-8-2-3-13-4-5-15(11-16(13)21)26(22,23)20-18-12-17(25-19-18)14-6-9-24-10-7-14/h4-5,11-12,14H,2-3,6-10H2,1H3,(H,19,20). The molecule has 2 aromatic rings. The van der Waals surface area contributed by atoms with Crippen LogP contribution < -0.4 is 9.62 Å². The van der Waals surface area contributed by atoms with Gasteiger partial charge < -0.3 is 14.2 Å². The molecule has 7 nitrogen and oxygen atoms in total. The summed E-state index contributed by atoms with van der Waals surface area (Å²) in [5, 5.41) is 3.89. The second-order valence-electron chi connectivity index (χ2n) is 6.92. The third-order valence-corrected chi connectivity index (χ3v) is 6.46. The van der Waals surface area contributed by atoms with Gasteiger partial charge in [0.2, 0.25) is 0 Å². The number of aryl methyl sites for hydroxylation is 1. The lowest BCUT2D eigenvalue weighted by atomic mass is 9.98. The number of ether oxygens (including phenoxy) is 1. The van der Waals surface area contributed by atoms with Crippen LogP contribution in [0.2, 0.25) is 0 Å². The summed E-state index contributed by atoms with van der Waals surface area (Å²) in [6.45, 7) is 2.31. The fourth-order valence-electron chi connectivity index (χ4n) is 3.61. The zero-order chi connectivity index (χ0) is 18.1. The van der Waals surface area contributed by atoms with E-state index in [1.807, 2.05) is 13.1 Å². The summed E-state index contributed by atoms with van der Waals surface area (Å²) in [5.41, 5.74) is 2.16. The fourth-order valence-corrected chi connectivity index (χ4v) is 4.62. The van der Waals surface area contributed by atoms with Crippen molar-refractivity contribution in [3.05, 3.63) is 35.6 Å². The van der Waals surface area contributed by atoms with Crippen molar-refractivity contribution in [3.63, 3.8) is 0 Å². The summed E-state index contributed by atoms with van der Waals surface area (Å²) < 4.78 is 38.7. The van der Waals surface area contributed by atoms with Crippen molar-refractivity contribution in [2.75, 3.05) is 36.4 Å². The van der Waals surface area contributed by atoms with E-state index >= 15 is 0 Å². The largest absolute Gasteiger partial charge is 0.381 e. The molecule has 0 atom stereocenters. The van der Waals surface area contributed by atoms with E-state index in [1.165, 1.54) is 5.56 Å². The quantitative estimate of drug-likeness (QED) is 0.882. The van der Waals surface area contributed by atoms with Gasteiger partial charge in [-0.2, -0.15) is 0 Å². The maximum absolute atomic E-state index is 12.7. The molecule has 1 saturated heterocycles. The zero-order valence-corrected chi connectivity index (χ0v) is 15.6. The number of hydrogen-bond acceptors (Lipinski definition) is 6. The van der Waals surface area contributed by atoms with E-state index in [4.69, 9.17) is 9.26 Å². The summed E-state index contributed by atoms with van der Waals surface area (Å²) in [6.07, 6.45) is 3.78. The van der Waals surface area contributed by atoms with E-state index in [-0.39, 0.29) is 16.6 Å². The van der Waals surface area contributed by atoms with Crippen LogP contribution in [-0.4, -0.2) is 40.4 Å². The minimum absolute atomic E-state index is 0.220. The smallest absolute Gasteiger partial charge is 0.263 e. The molecule has 140 valence electrons. The minimum Gasteiger partial charge on any atom is -0.381 e. The van der Waals surface area contributed by atoms with Gasteiger partial charge in [-0.25, -0.2) is 8.42 Å². The molecule has 0 bridgehead atoms. The van der Waals surface area contributed by atoms with Gasteiger partial charge in [-0.3, -0.25) is 4.72 Å². The Hall–Kier alpha value is -2.06. The summed E-state index contributed by atoms with van der Waals surface area (Å²) in [7, 11) is -1.73. The van der Waals surface area contributed by atoms with Gasteiger partial charge >= 0.3 is 0 Å². The maximum Gasteiger partial charge on any atom is 0.263 e. The Morgan fingerprint density at radius 3 is 2.85 bits per heavy atom. The van der Waals surface area contributed by atoms with Crippen LogP contribution in [0.1, 0.15) is 36.5 Å². The maximum atomic E-state index is 12.7. The number of rotatable bonds is 4. The Kier molecular flexibility index (Phi) is 4.62. The van der Waals surface area contributed by atoms with Crippen LogP contribution in [0.4, 0.5) is 11.5 Å². The van der Waals surface area contributed by atoms with Crippen molar-refractivity contribution in [1.29, 1.82) is 0 Å². The molecule has 2 aliphatic rings. The Labute approximate surface area is 153 Å². The van der Waals surface area contributed by atoms with E-state index in [2.05, 4.69) is 14.8 Å². The van der Waals surface area contributed by atoms with Crippen molar-refractivity contribution in [2.45, 2.75) is 36.5 Å². The Morgan fingerprint density at radius 2 is 2.04 bits per heavy atom. The topological polar surface area (TPSA) is 84.7 Å². The van der Waals surface area contributed by atoms with Crippen molar-refractivity contribution in [2.24, 2.45) is 0 Å². The number of sulfonamides is 1. The average molecular weight is 377 g/mol. The highest BCUT2D eigenvalue weighted by Crippen LogP contribution is 2.31. The van der Waals surface area contributed by atoms with Crippen molar-refractivity contribution in [1.82, 2.24) is 5.16 Å². The lowest BCUT2D eigenvalue weighted by Gasteiger charge is -2.27. The molecule has 1 aromatic heterocycles. The van der Waals surface area contributed by atoms with Gasteiger partial charge in [0.25, 0.3) is 10.0 Å². The highest BCUT2D eigenvalue weighted by atomic mass is 32.2. The van der Waals surface area contributed by atoms with Gasteiger partial charge in [0.05, 0.1) is 4.90 Å². The molecule has 1 fully saturated rings. The molecule has 8 heteroatoms. The monoisotopic (exact) mass is 377 g/mol. The first-order valence-electron chi connectivity index (χ1n) is 8.94. The van der Waals surface area contributed by atoms with Crippen LogP contribution in [0.15, 0.2) is 33.7 Å². The van der Waals surface area contributed by atoms with Crippen LogP contribution in [0.3, 0.4) is 0 Å². The molecule has 0 saturated carbocycles. The van der Waals surface area contributed by atoms with E-state index in [0.717, 1.165) is 37.9 Å². The molecule has 3 heterocycles. The second kappa shape index (κ2) is 6.92. The molecule has 4 rings (SSSR count). The molecule has 0 amide bonds. The van der Waals surface area contributed by atoms with Crippen molar-refractivity contribution >= 4 is 21.5 Å². The molecule has 0 aliphatic carbocycles. The average Bonchev–Trinajstić information content (AvgIpc) is 3.10. The first-order valence-corrected chi connectivity index (χ1v) is 10.4. The van der Waals surface area contributed by atoms with Crippen LogP contribution in [-0.2, 0) is 21.2 Å². The predicted octanol–water partition coefficient (Wildman–Crippen LogP) is 2.75. The molecule has 1 N–H and O–H groups in total. The molecule has 2 aliphatic heterocycles. The minimum atomic E-state index is -3.71. The number of fused-ring (bicyclic) bond motifs is 1. The van der Waals surface area contributed by atoms with Crippen molar-refractivity contribution in [3.8, 4) is 0 Å². The second-order valence-corrected chi connectivity index (χ2v) is 8.60. The Morgan fingerprint density at radius 1 is 1.23 bits per heavy atom. The molecule has 1 aromatic carbocycles. The SMILES string of the molecule is CN1CCCc2ccc(S(=O)(=O)Nc3cc(C4CCOCC4)on3)cc21. The fraction of sp³-hybridized carbons (Fsp3) is 0.500. The first-order chi connectivity index (χ1) is 12.5. The lowest BCUT2D eigenvalue weighted by molar-refractivity contribution is 0.0791. The normalized spacial score (nSPS) is 18.6. The lowest BCUT2D eigenvalue weighted by Crippen LogP contribution is -2.25. The molecule has 0 spiro atoms. The van der Waals surface area contributed by atoms with Gasteiger partial charge in [0.15, 0.2) is 5.82 Å². The Balaban J connectivity index is 1.54. The highest BCUT2D eigenvalue weighted by molar-refractivity contribution is 7.92. The van der Waals surface area contributed by atoms with Crippen LogP contribution in [0, 0.1) is 0 Å². The van der Waals surface area contributed by atoms with E-state index < -0.39 is 10.0 Å². The van der Waals surface area contributed by atoms with Gasteiger partial charge in [-0.15, -0.1) is 0 Å². The zero-order valence-electron chi connectivity index (χ0n) is 14.8. The highest BCUT2D eigenvalue weighted by Gasteiger charge is 2.24. The number of aromatic nitrogens is 1. The first kappa shape index (κ1) is 17.4. The summed E-state index contributed by atoms with van der Waals surface area (Å²) in [5.74, 6) is 1.15. The molecule has 26 heavy (non-hydrogen) atoms. The van der Waals surface area contributed by atoms with Crippen LogP contribution in [0.25, 0.3) is 0 Å². The number of nitrogens with zero attached hydrogens (tertiary/aromatic N) is 2. The van der Waals surface area contributed by atoms with Crippen LogP contribution >= 0.6 is 0 Å². The van der Waals surface area contributed by atoms with E-state index in [0.29, 0.717) is 19.0 Å². The van der Waals surface area contributed by atoms with E-state index in [1.54, 1.807) is 18.2 Å². The van der Waals surface area contributed by atoms with Gasteiger partial charge in [-0.05, 0) is 43.4 Å². The Bertz CT molecular complexity index is 888. The van der Waals surface area contributed by atoms with Gasteiger partial charge in [0, 0.05) is 44.5 Å². The van der Waals surface area contributed by atoms with Gasteiger partial charge in [-0.1, -0.05) is 11.2 Å². The number of anilines is 2. The number of nitrogens with one attached hydrogen (secondary N) is 1. The van der Waals surface area contributed by atoms with E-state index in [9.17, 15) is 8.42 Å². The molecular formula is C18H23N3O4S.